The summed E-state index contributed by atoms with van der Waals surface area (Å²) in [5.41, 5.74) is 11.1. The SMILES string of the molecule is Cc1ccnc2nc(-c3cncc(-c4cc(F)cc(C(N)=O)c4)c3N3CCC(C)C3)[nH]c12. The number of anilines is 1. The molecule has 7 nitrogen and oxygen atoms in total. The van der Waals surface area contributed by atoms with E-state index in [0.717, 1.165) is 53.5 Å². The number of carbonyl (C=O) groups is 1. The average molecular weight is 430 g/mol. The van der Waals surface area contributed by atoms with Crippen LogP contribution in [-0.2, 0) is 0 Å². The number of benzene rings is 1. The van der Waals surface area contributed by atoms with Crippen LogP contribution in [0, 0.1) is 18.7 Å². The van der Waals surface area contributed by atoms with E-state index in [-0.39, 0.29) is 5.56 Å². The van der Waals surface area contributed by atoms with Crippen molar-refractivity contribution in [2.24, 2.45) is 11.7 Å². The second kappa shape index (κ2) is 7.71. The van der Waals surface area contributed by atoms with Gasteiger partial charge in [0.2, 0.25) is 5.91 Å². The molecule has 1 unspecified atom stereocenters. The third kappa shape index (κ3) is 3.47. The second-order valence-electron chi connectivity index (χ2n) is 8.43. The number of aromatic nitrogens is 4. The van der Waals surface area contributed by atoms with Crippen LogP contribution in [0.25, 0.3) is 33.7 Å². The first kappa shape index (κ1) is 20.1. The fourth-order valence-corrected chi connectivity index (χ4v) is 4.37. The summed E-state index contributed by atoms with van der Waals surface area (Å²) in [6, 6.07) is 6.09. The standard InChI is InChI=1S/C24H23FN6O/c1-13-4-6-31(12-13)21-18(15-7-16(22(26)32)9-17(25)8-15)10-27-11-19(21)23-29-20-14(2)3-5-28-24(20)30-23/h3,5,7-11,13H,4,6,12H2,1-2H3,(H2,26,32)(H,28,29,30). The zero-order chi connectivity index (χ0) is 22.4. The van der Waals surface area contributed by atoms with Crippen LogP contribution in [0.4, 0.5) is 10.1 Å². The van der Waals surface area contributed by atoms with Crippen molar-refractivity contribution in [3.63, 3.8) is 0 Å². The average Bonchev–Trinajstić information content (AvgIpc) is 3.40. The van der Waals surface area contributed by atoms with Gasteiger partial charge in [-0.3, -0.25) is 9.78 Å². The van der Waals surface area contributed by atoms with Crippen molar-refractivity contribution >= 4 is 22.8 Å². The zero-order valence-electron chi connectivity index (χ0n) is 17.9. The Hall–Kier alpha value is -3.81. The van der Waals surface area contributed by atoms with E-state index in [2.05, 4.69) is 26.8 Å². The van der Waals surface area contributed by atoms with E-state index in [4.69, 9.17) is 10.7 Å². The molecule has 5 rings (SSSR count). The molecule has 0 spiro atoms. The van der Waals surface area contributed by atoms with E-state index in [1.54, 1.807) is 24.7 Å². The maximum absolute atomic E-state index is 14.4. The van der Waals surface area contributed by atoms with Crippen LogP contribution in [0.3, 0.4) is 0 Å². The summed E-state index contributed by atoms with van der Waals surface area (Å²) in [5, 5.41) is 0. The van der Waals surface area contributed by atoms with Crippen LogP contribution in [0.2, 0.25) is 0 Å². The molecule has 162 valence electrons. The summed E-state index contributed by atoms with van der Waals surface area (Å²) in [4.78, 5) is 30.9. The minimum Gasteiger partial charge on any atom is -0.370 e. The molecule has 4 heterocycles. The molecule has 1 aliphatic rings. The van der Waals surface area contributed by atoms with Crippen molar-refractivity contribution in [3.05, 3.63) is 59.8 Å². The first-order valence-corrected chi connectivity index (χ1v) is 10.6. The van der Waals surface area contributed by atoms with Gasteiger partial charge in [0.1, 0.15) is 11.6 Å². The molecule has 3 N–H and O–H groups in total. The van der Waals surface area contributed by atoms with Crippen LogP contribution in [0.15, 0.2) is 42.9 Å². The van der Waals surface area contributed by atoms with Crippen LogP contribution in [0.5, 0.6) is 0 Å². The molecule has 0 aliphatic carbocycles. The van der Waals surface area contributed by atoms with Gasteiger partial charge in [0.15, 0.2) is 5.65 Å². The molecule has 1 aliphatic heterocycles. The number of primary amides is 1. The maximum atomic E-state index is 14.4. The lowest BCUT2D eigenvalue weighted by Gasteiger charge is -2.24. The predicted octanol–water partition coefficient (Wildman–Crippen LogP) is 4.08. The molecule has 0 bridgehead atoms. The normalized spacial score (nSPS) is 16.1. The van der Waals surface area contributed by atoms with Crippen LogP contribution in [0.1, 0.15) is 29.3 Å². The van der Waals surface area contributed by atoms with Gasteiger partial charge in [0.05, 0.1) is 16.8 Å². The van der Waals surface area contributed by atoms with Gasteiger partial charge in [-0.15, -0.1) is 0 Å². The molecule has 4 aromatic rings. The minimum atomic E-state index is -0.676. The van der Waals surface area contributed by atoms with Gasteiger partial charge in [-0.05, 0) is 54.7 Å². The van der Waals surface area contributed by atoms with E-state index in [9.17, 15) is 9.18 Å². The van der Waals surface area contributed by atoms with Gasteiger partial charge in [0.25, 0.3) is 0 Å². The lowest BCUT2D eigenvalue weighted by Crippen LogP contribution is -2.21. The highest BCUT2D eigenvalue weighted by Gasteiger charge is 2.26. The van der Waals surface area contributed by atoms with Gasteiger partial charge < -0.3 is 15.6 Å². The number of nitrogens with two attached hydrogens (primary N) is 1. The number of aryl methyl sites for hydroxylation is 1. The smallest absolute Gasteiger partial charge is 0.248 e. The van der Waals surface area contributed by atoms with Crippen molar-refractivity contribution in [2.75, 3.05) is 18.0 Å². The van der Waals surface area contributed by atoms with E-state index >= 15 is 0 Å². The summed E-state index contributed by atoms with van der Waals surface area (Å²) in [5.74, 6) is -0.0228. The number of amides is 1. The summed E-state index contributed by atoms with van der Waals surface area (Å²) in [6.07, 6.45) is 6.26. The number of hydrogen-bond acceptors (Lipinski definition) is 5. The van der Waals surface area contributed by atoms with E-state index in [1.807, 2.05) is 13.0 Å². The molecular weight excluding hydrogens is 407 g/mol. The number of carbonyl (C=O) groups excluding carboxylic acids is 1. The van der Waals surface area contributed by atoms with Gasteiger partial charge in [-0.2, -0.15) is 0 Å². The lowest BCUT2D eigenvalue weighted by atomic mass is 9.99. The Bertz CT molecular complexity index is 1350. The van der Waals surface area contributed by atoms with Gasteiger partial charge >= 0.3 is 0 Å². The third-order valence-electron chi connectivity index (χ3n) is 6.01. The van der Waals surface area contributed by atoms with Gasteiger partial charge in [-0.1, -0.05) is 6.92 Å². The minimum absolute atomic E-state index is 0.120. The molecule has 8 heteroatoms. The summed E-state index contributed by atoms with van der Waals surface area (Å²) < 4.78 is 14.4. The molecule has 0 radical (unpaired) electrons. The highest BCUT2D eigenvalue weighted by Crippen LogP contribution is 2.41. The van der Waals surface area contributed by atoms with Crippen molar-refractivity contribution in [1.29, 1.82) is 0 Å². The molecule has 1 atom stereocenters. The number of halogens is 1. The summed E-state index contributed by atoms with van der Waals surface area (Å²) in [7, 11) is 0. The monoisotopic (exact) mass is 430 g/mol. The highest BCUT2D eigenvalue weighted by atomic mass is 19.1. The van der Waals surface area contributed by atoms with Crippen LogP contribution in [-0.4, -0.2) is 38.9 Å². The molecule has 3 aromatic heterocycles. The topological polar surface area (TPSA) is 101 Å². The Balaban J connectivity index is 1.75. The number of hydrogen-bond donors (Lipinski definition) is 2. The number of pyridine rings is 2. The van der Waals surface area contributed by atoms with Gasteiger partial charge in [-0.25, -0.2) is 14.4 Å². The molecule has 1 aromatic carbocycles. The quantitative estimate of drug-likeness (QED) is 0.508. The van der Waals surface area contributed by atoms with Crippen molar-refractivity contribution in [1.82, 2.24) is 19.9 Å². The maximum Gasteiger partial charge on any atom is 0.248 e. The predicted molar refractivity (Wildman–Crippen MR) is 122 cm³/mol. The number of imidazole rings is 1. The van der Waals surface area contributed by atoms with Crippen molar-refractivity contribution in [3.8, 4) is 22.5 Å². The zero-order valence-corrected chi connectivity index (χ0v) is 17.9. The van der Waals surface area contributed by atoms with E-state index in [1.165, 1.54) is 6.07 Å². The first-order valence-electron chi connectivity index (χ1n) is 10.6. The Morgan fingerprint density at radius 2 is 2.06 bits per heavy atom. The molecule has 1 fully saturated rings. The molecule has 1 saturated heterocycles. The lowest BCUT2D eigenvalue weighted by molar-refractivity contribution is 0.1000. The van der Waals surface area contributed by atoms with E-state index < -0.39 is 11.7 Å². The molecule has 0 saturated carbocycles. The van der Waals surface area contributed by atoms with Crippen molar-refractivity contribution in [2.45, 2.75) is 20.3 Å². The number of aromatic amines is 1. The van der Waals surface area contributed by atoms with Crippen LogP contribution < -0.4 is 10.6 Å². The largest absolute Gasteiger partial charge is 0.370 e. The number of nitrogens with one attached hydrogen (secondary N) is 1. The Labute approximate surface area is 184 Å². The fourth-order valence-electron chi connectivity index (χ4n) is 4.37. The van der Waals surface area contributed by atoms with Crippen molar-refractivity contribution < 1.29 is 9.18 Å². The third-order valence-corrected chi connectivity index (χ3v) is 6.01. The first-order chi connectivity index (χ1) is 15.4. The number of nitrogens with zero attached hydrogens (tertiary/aromatic N) is 4. The number of fused-ring (bicyclic) bond motifs is 1. The molecule has 32 heavy (non-hydrogen) atoms. The Morgan fingerprint density at radius 1 is 1.25 bits per heavy atom. The Kier molecular flexibility index (Phi) is 4.84. The second-order valence-corrected chi connectivity index (χ2v) is 8.43. The number of H-pyrrole nitrogens is 1. The fraction of sp³-hybridized carbons (Fsp3) is 0.250. The summed E-state index contributed by atoms with van der Waals surface area (Å²) >= 11 is 0. The highest BCUT2D eigenvalue weighted by molar-refractivity contribution is 5.96. The Morgan fingerprint density at radius 3 is 2.78 bits per heavy atom. The summed E-state index contributed by atoms with van der Waals surface area (Å²) in [6.45, 7) is 5.93. The molecule has 1 amide bonds. The van der Waals surface area contributed by atoms with Crippen LogP contribution >= 0.6 is 0 Å². The molecular formula is C24H23FN6O. The van der Waals surface area contributed by atoms with Gasteiger partial charge in [0, 0.05) is 42.8 Å². The van der Waals surface area contributed by atoms with E-state index in [0.29, 0.717) is 23.0 Å². The number of rotatable bonds is 4.